The summed E-state index contributed by atoms with van der Waals surface area (Å²) < 4.78 is 10.4. The van der Waals surface area contributed by atoms with Gasteiger partial charge in [-0.1, -0.05) is 42.5 Å². The number of ether oxygens (including phenoxy) is 2. The second-order valence-corrected chi connectivity index (χ2v) is 7.24. The van der Waals surface area contributed by atoms with Crippen LogP contribution in [0.1, 0.15) is 23.2 Å². The van der Waals surface area contributed by atoms with Crippen LogP contribution in [0.25, 0.3) is 21.9 Å². The van der Waals surface area contributed by atoms with Gasteiger partial charge in [0.2, 0.25) is 0 Å². The molecule has 1 fully saturated rings. The molecule has 1 aromatic heterocycles. The van der Waals surface area contributed by atoms with Crippen LogP contribution >= 0.6 is 11.3 Å². The van der Waals surface area contributed by atoms with Gasteiger partial charge in [0, 0.05) is 17.6 Å². The molecule has 138 valence electrons. The van der Waals surface area contributed by atoms with Crippen LogP contribution in [0, 0.1) is 0 Å². The van der Waals surface area contributed by atoms with Gasteiger partial charge in [-0.05, 0) is 29.2 Å². The zero-order valence-corrected chi connectivity index (χ0v) is 15.7. The maximum Gasteiger partial charge on any atom is 0.341 e. The summed E-state index contributed by atoms with van der Waals surface area (Å²) in [5.41, 5.74) is 2.07. The lowest BCUT2D eigenvalue weighted by Gasteiger charge is -2.12. The van der Waals surface area contributed by atoms with Crippen LogP contribution in [-0.2, 0) is 14.3 Å². The number of carbonyl (C=O) groups excluding carboxylic acids is 2. The van der Waals surface area contributed by atoms with Crippen molar-refractivity contribution >= 4 is 39.0 Å². The Morgan fingerprint density at radius 3 is 2.74 bits per heavy atom. The molecule has 0 radical (unpaired) electrons. The van der Waals surface area contributed by atoms with Crippen LogP contribution in [0.4, 0.5) is 5.00 Å². The first-order valence-corrected chi connectivity index (χ1v) is 9.67. The van der Waals surface area contributed by atoms with Gasteiger partial charge in [0.1, 0.15) is 16.7 Å². The number of esters is 1. The van der Waals surface area contributed by atoms with Crippen LogP contribution in [-0.4, -0.2) is 31.7 Å². The molecule has 1 aliphatic rings. The molecule has 27 heavy (non-hydrogen) atoms. The molecule has 1 atom stereocenters. The van der Waals surface area contributed by atoms with E-state index in [9.17, 15) is 9.59 Å². The maximum atomic E-state index is 12.5. The van der Waals surface area contributed by atoms with Gasteiger partial charge in [-0.15, -0.1) is 11.3 Å². The third kappa shape index (κ3) is 3.34. The molecule has 0 saturated carbocycles. The Morgan fingerprint density at radius 1 is 1.15 bits per heavy atom. The molecule has 1 saturated heterocycles. The van der Waals surface area contributed by atoms with Crippen molar-refractivity contribution in [1.82, 2.24) is 0 Å². The summed E-state index contributed by atoms with van der Waals surface area (Å²) in [5, 5.41) is 7.37. The lowest BCUT2D eigenvalue weighted by atomic mass is 9.97. The van der Waals surface area contributed by atoms with E-state index >= 15 is 0 Å². The van der Waals surface area contributed by atoms with E-state index in [0.29, 0.717) is 23.6 Å². The fourth-order valence-corrected chi connectivity index (χ4v) is 4.34. The summed E-state index contributed by atoms with van der Waals surface area (Å²) in [6.07, 6.45) is 1.10. The van der Waals surface area contributed by atoms with Gasteiger partial charge in [-0.2, -0.15) is 0 Å². The summed E-state index contributed by atoms with van der Waals surface area (Å²) in [5.74, 6) is -0.689. The number of nitrogens with one attached hydrogen (secondary N) is 1. The molecule has 5 nitrogen and oxygen atoms in total. The highest BCUT2D eigenvalue weighted by atomic mass is 32.1. The van der Waals surface area contributed by atoms with Gasteiger partial charge < -0.3 is 14.8 Å². The summed E-state index contributed by atoms with van der Waals surface area (Å²) in [6.45, 7) is 0.591. The van der Waals surface area contributed by atoms with E-state index in [1.165, 1.54) is 18.4 Å². The van der Waals surface area contributed by atoms with E-state index in [1.807, 2.05) is 47.8 Å². The molecule has 6 heteroatoms. The fourth-order valence-electron chi connectivity index (χ4n) is 3.39. The Hall–Kier alpha value is -2.70. The quantitative estimate of drug-likeness (QED) is 0.677. The second-order valence-electron chi connectivity index (χ2n) is 6.36. The van der Waals surface area contributed by atoms with Crippen molar-refractivity contribution in [2.24, 2.45) is 0 Å². The number of benzene rings is 2. The van der Waals surface area contributed by atoms with Gasteiger partial charge in [-0.25, -0.2) is 4.79 Å². The Kier molecular flexibility index (Phi) is 4.92. The Balaban J connectivity index is 1.78. The predicted octanol–water partition coefficient (Wildman–Crippen LogP) is 4.47. The van der Waals surface area contributed by atoms with Gasteiger partial charge in [0.05, 0.1) is 7.11 Å². The lowest BCUT2D eigenvalue weighted by Crippen LogP contribution is -2.27. The van der Waals surface area contributed by atoms with Crippen LogP contribution in [0.2, 0.25) is 0 Å². The van der Waals surface area contributed by atoms with E-state index in [-0.39, 0.29) is 5.91 Å². The molecule has 2 heterocycles. The molecule has 1 aliphatic heterocycles. The number of methoxy groups -OCH3 is 1. The van der Waals surface area contributed by atoms with Crippen molar-refractivity contribution in [3.63, 3.8) is 0 Å². The summed E-state index contributed by atoms with van der Waals surface area (Å²) in [7, 11) is 1.35. The first kappa shape index (κ1) is 17.7. The van der Waals surface area contributed by atoms with Crippen molar-refractivity contribution in [2.45, 2.75) is 18.9 Å². The zero-order valence-electron chi connectivity index (χ0n) is 14.9. The van der Waals surface area contributed by atoms with Gasteiger partial charge >= 0.3 is 5.97 Å². The molecule has 1 amide bonds. The number of fused-ring (bicyclic) bond motifs is 1. The normalized spacial score (nSPS) is 16.4. The smallest absolute Gasteiger partial charge is 0.341 e. The predicted molar refractivity (Wildman–Crippen MR) is 106 cm³/mol. The van der Waals surface area contributed by atoms with Crippen molar-refractivity contribution in [3.05, 3.63) is 53.4 Å². The maximum absolute atomic E-state index is 12.5. The average molecular weight is 381 g/mol. The number of rotatable bonds is 4. The topological polar surface area (TPSA) is 64.6 Å². The Morgan fingerprint density at radius 2 is 1.96 bits per heavy atom. The number of carbonyl (C=O) groups is 2. The highest BCUT2D eigenvalue weighted by molar-refractivity contribution is 7.15. The van der Waals surface area contributed by atoms with E-state index in [1.54, 1.807) is 0 Å². The fraction of sp³-hybridized carbons (Fsp3) is 0.238. The third-order valence-electron chi connectivity index (χ3n) is 4.72. The average Bonchev–Trinajstić information content (AvgIpc) is 3.37. The van der Waals surface area contributed by atoms with Crippen LogP contribution in [0.3, 0.4) is 0 Å². The number of thiophene rings is 1. The van der Waals surface area contributed by atoms with Gasteiger partial charge in [0.25, 0.3) is 5.91 Å². The molecule has 0 aliphatic carbocycles. The van der Waals surface area contributed by atoms with Gasteiger partial charge in [-0.3, -0.25) is 4.79 Å². The largest absolute Gasteiger partial charge is 0.465 e. The highest BCUT2D eigenvalue weighted by Crippen LogP contribution is 2.39. The molecule has 4 rings (SSSR count). The Bertz CT molecular complexity index is 999. The van der Waals surface area contributed by atoms with E-state index < -0.39 is 12.1 Å². The molecule has 1 N–H and O–H groups in total. The third-order valence-corrected chi connectivity index (χ3v) is 5.61. The molecule has 3 aromatic rings. The Labute approximate surface area is 160 Å². The van der Waals surface area contributed by atoms with Crippen molar-refractivity contribution < 1.29 is 19.1 Å². The molecular weight excluding hydrogens is 362 g/mol. The molecule has 0 spiro atoms. The monoisotopic (exact) mass is 381 g/mol. The number of anilines is 1. The van der Waals surface area contributed by atoms with Crippen molar-refractivity contribution in [3.8, 4) is 11.1 Å². The summed E-state index contributed by atoms with van der Waals surface area (Å²) in [6, 6.07) is 14.0. The van der Waals surface area contributed by atoms with Crippen molar-refractivity contribution in [2.75, 3.05) is 19.0 Å². The first-order chi connectivity index (χ1) is 13.2. The minimum Gasteiger partial charge on any atom is -0.465 e. The lowest BCUT2D eigenvalue weighted by molar-refractivity contribution is -0.124. The van der Waals surface area contributed by atoms with Crippen LogP contribution in [0.15, 0.2) is 47.8 Å². The van der Waals surface area contributed by atoms with E-state index in [2.05, 4.69) is 5.32 Å². The van der Waals surface area contributed by atoms with Crippen LogP contribution in [0.5, 0.6) is 0 Å². The summed E-state index contributed by atoms with van der Waals surface area (Å²) >= 11 is 1.32. The zero-order chi connectivity index (χ0) is 18.8. The molecule has 0 bridgehead atoms. The molecule has 0 unspecified atom stereocenters. The minimum atomic E-state index is -0.471. The first-order valence-electron chi connectivity index (χ1n) is 8.79. The highest BCUT2D eigenvalue weighted by Gasteiger charge is 2.28. The molecule has 2 aromatic carbocycles. The number of amides is 1. The standard InChI is InChI=1S/C21H19NO4S/c1-25-21(24)18-16(15-9-4-7-13-6-2-3-8-14(13)15)12-27-20(18)22-19(23)17-10-5-11-26-17/h2-4,6-9,12,17H,5,10-11H2,1H3,(H,22,23)/t17-/m1/s1. The van der Waals surface area contributed by atoms with Crippen LogP contribution < -0.4 is 5.32 Å². The number of hydrogen-bond acceptors (Lipinski definition) is 5. The number of hydrogen-bond donors (Lipinski definition) is 1. The molecular formula is C21H19NO4S. The second kappa shape index (κ2) is 7.50. The SMILES string of the molecule is COC(=O)c1c(-c2cccc3ccccc23)csc1NC(=O)[C@H]1CCCO1. The van der Waals surface area contributed by atoms with E-state index in [0.717, 1.165) is 28.3 Å². The van der Waals surface area contributed by atoms with E-state index in [4.69, 9.17) is 9.47 Å². The minimum absolute atomic E-state index is 0.219. The summed E-state index contributed by atoms with van der Waals surface area (Å²) in [4.78, 5) is 25.0. The van der Waals surface area contributed by atoms with Crippen molar-refractivity contribution in [1.29, 1.82) is 0 Å². The van der Waals surface area contributed by atoms with Gasteiger partial charge in [0.15, 0.2) is 0 Å².